The average molecular weight is 502 g/mol. The molecule has 5 rings (SSSR count). The number of hydrazine groups is 1. The van der Waals surface area contributed by atoms with E-state index in [0.29, 0.717) is 22.6 Å². The number of piperidine rings is 1. The van der Waals surface area contributed by atoms with Gasteiger partial charge in [0.05, 0.1) is 22.7 Å². The van der Waals surface area contributed by atoms with Crippen LogP contribution in [-0.4, -0.2) is 63.3 Å². The quantitative estimate of drug-likeness (QED) is 0.509. The molecule has 0 atom stereocenters. The number of pyridine rings is 1. The summed E-state index contributed by atoms with van der Waals surface area (Å²) < 4.78 is 0. The molecule has 5 amide bonds. The largest absolute Gasteiger partial charge is 0.343 e. The van der Waals surface area contributed by atoms with Gasteiger partial charge in [0.2, 0.25) is 5.91 Å². The minimum atomic E-state index is -0.774. The van der Waals surface area contributed by atoms with Crippen LogP contribution in [0.25, 0.3) is 0 Å². The Labute approximate surface area is 205 Å². The first kappa shape index (κ1) is 22.8. The molecular weight excluding hydrogens is 481 g/mol. The zero-order valence-electron chi connectivity index (χ0n) is 18.1. The molecule has 1 aromatic heterocycles. The number of carbonyl (C=O) groups is 4. The van der Waals surface area contributed by atoms with Gasteiger partial charge in [-0.2, -0.15) is 5.01 Å². The van der Waals surface area contributed by atoms with E-state index in [2.05, 4.69) is 15.2 Å². The Morgan fingerprint density at radius 2 is 1.71 bits per heavy atom. The van der Waals surface area contributed by atoms with Crippen LogP contribution in [0.1, 0.15) is 57.0 Å². The standard InChI is InChI=1S/C23H21Cl2N5O4/c24-19-15(3-7-26-20(19)25)14-4-8-28(9-5-14)12-13-1-2-16-17(11-13)22(33)30(21(16)32)29-10-6-18(31)27-23(29)34/h1-3,7,11,14H,4-6,8-10,12H2,(H,27,31,34). The van der Waals surface area contributed by atoms with Crippen molar-refractivity contribution in [2.45, 2.75) is 31.7 Å². The predicted octanol–water partition coefficient (Wildman–Crippen LogP) is 3.22. The third-order valence-electron chi connectivity index (χ3n) is 6.51. The minimum Gasteiger partial charge on any atom is -0.299 e. The molecule has 2 fully saturated rings. The molecule has 0 bridgehead atoms. The molecule has 0 aliphatic carbocycles. The highest BCUT2D eigenvalue weighted by Gasteiger charge is 2.43. The van der Waals surface area contributed by atoms with Gasteiger partial charge in [-0.1, -0.05) is 29.3 Å². The molecule has 0 spiro atoms. The monoisotopic (exact) mass is 501 g/mol. The lowest BCUT2D eigenvalue weighted by atomic mass is 9.90. The summed E-state index contributed by atoms with van der Waals surface area (Å²) in [6.07, 6.45) is 3.53. The smallest absolute Gasteiger partial charge is 0.299 e. The molecular formula is C23H21Cl2N5O4. The van der Waals surface area contributed by atoms with Gasteiger partial charge >= 0.3 is 6.03 Å². The molecule has 176 valence electrons. The first-order valence-electron chi connectivity index (χ1n) is 11.0. The van der Waals surface area contributed by atoms with Crippen molar-refractivity contribution in [1.82, 2.24) is 25.2 Å². The maximum absolute atomic E-state index is 13.0. The van der Waals surface area contributed by atoms with Crippen molar-refractivity contribution < 1.29 is 19.2 Å². The van der Waals surface area contributed by atoms with Crippen molar-refractivity contribution in [1.29, 1.82) is 0 Å². The van der Waals surface area contributed by atoms with Crippen LogP contribution in [0.15, 0.2) is 30.5 Å². The van der Waals surface area contributed by atoms with Gasteiger partial charge < -0.3 is 0 Å². The predicted molar refractivity (Wildman–Crippen MR) is 123 cm³/mol. The molecule has 34 heavy (non-hydrogen) atoms. The number of halogens is 2. The first-order valence-corrected chi connectivity index (χ1v) is 11.7. The number of nitrogens with one attached hydrogen (secondary N) is 1. The number of urea groups is 1. The molecule has 11 heteroatoms. The fourth-order valence-electron chi connectivity index (χ4n) is 4.75. The number of hydrogen-bond acceptors (Lipinski definition) is 6. The maximum Gasteiger partial charge on any atom is 0.343 e. The summed E-state index contributed by atoms with van der Waals surface area (Å²) >= 11 is 12.4. The molecule has 2 aromatic rings. The van der Waals surface area contributed by atoms with Crippen LogP contribution in [0, 0.1) is 0 Å². The summed E-state index contributed by atoms with van der Waals surface area (Å²) in [5.41, 5.74) is 2.44. The second kappa shape index (κ2) is 8.98. The van der Waals surface area contributed by atoms with Gasteiger partial charge in [-0.05, 0) is 61.2 Å². The molecule has 0 saturated carbocycles. The Bertz CT molecular complexity index is 1210. The number of rotatable bonds is 4. The summed E-state index contributed by atoms with van der Waals surface area (Å²) in [5.74, 6) is -1.25. The zero-order valence-corrected chi connectivity index (χ0v) is 19.6. The number of likely N-dealkylation sites (tertiary alicyclic amines) is 1. The molecule has 0 radical (unpaired) electrons. The van der Waals surface area contributed by atoms with Crippen LogP contribution in [-0.2, 0) is 11.3 Å². The Balaban J connectivity index is 1.26. The minimum absolute atomic E-state index is 0.0232. The van der Waals surface area contributed by atoms with Gasteiger partial charge in [0.1, 0.15) is 5.15 Å². The van der Waals surface area contributed by atoms with E-state index in [-0.39, 0.29) is 24.1 Å². The van der Waals surface area contributed by atoms with Gasteiger partial charge in [-0.3, -0.25) is 24.6 Å². The molecule has 1 aromatic carbocycles. The van der Waals surface area contributed by atoms with Crippen molar-refractivity contribution in [3.05, 3.63) is 62.9 Å². The summed E-state index contributed by atoms with van der Waals surface area (Å²) in [4.78, 5) is 55.7. The lowest BCUT2D eigenvalue weighted by Crippen LogP contribution is -2.58. The van der Waals surface area contributed by atoms with Crippen LogP contribution in [0.4, 0.5) is 4.79 Å². The average Bonchev–Trinajstić information content (AvgIpc) is 3.06. The number of amides is 5. The lowest BCUT2D eigenvalue weighted by Gasteiger charge is -2.32. The molecule has 3 aliphatic heterocycles. The van der Waals surface area contributed by atoms with E-state index >= 15 is 0 Å². The molecule has 9 nitrogen and oxygen atoms in total. The fourth-order valence-corrected chi connectivity index (χ4v) is 5.18. The van der Waals surface area contributed by atoms with Crippen LogP contribution < -0.4 is 5.32 Å². The van der Waals surface area contributed by atoms with Crippen LogP contribution in [0.3, 0.4) is 0 Å². The summed E-state index contributed by atoms with van der Waals surface area (Å²) in [7, 11) is 0. The summed E-state index contributed by atoms with van der Waals surface area (Å²) in [5, 5.41) is 4.79. The second-order valence-electron chi connectivity index (χ2n) is 8.58. The van der Waals surface area contributed by atoms with Gasteiger partial charge in [-0.25, -0.2) is 14.8 Å². The highest BCUT2D eigenvalue weighted by atomic mass is 35.5. The fraction of sp³-hybridized carbons (Fsp3) is 0.348. The highest BCUT2D eigenvalue weighted by Crippen LogP contribution is 2.36. The third kappa shape index (κ3) is 4.04. The van der Waals surface area contributed by atoms with E-state index in [1.165, 1.54) is 0 Å². The lowest BCUT2D eigenvalue weighted by molar-refractivity contribution is -0.122. The van der Waals surface area contributed by atoms with Crippen molar-refractivity contribution in [3.63, 3.8) is 0 Å². The highest BCUT2D eigenvalue weighted by molar-refractivity contribution is 6.41. The number of fused-ring (bicyclic) bond motifs is 1. The number of aromatic nitrogens is 1. The van der Waals surface area contributed by atoms with Gasteiger partial charge in [0.25, 0.3) is 11.8 Å². The third-order valence-corrected chi connectivity index (χ3v) is 7.29. The van der Waals surface area contributed by atoms with Crippen molar-refractivity contribution in [2.75, 3.05) is 19.6 Å². The molecule has 0 unspecified atom stereocenters. The van der Waals surface area contributed by atoms with Crippen LogP contribution >= 0.6 is 23.2 Å². The Morgan fingerprint density at radius 1 is 0.971 bits per heavy atom. The molecule has 4 heterocycles. The number of imide groups is 2. The van der Waals surface area contributed by atoms with E-state index in [9.17, 15) is 19.2 Å². The van der Waals surface area contributed by atoms with E-state index in [4.69, 9.17) is 23.2 Å². The summed E-state index contributed by atoms with van der Waals surface area (Å²) in [6, 6.07) is 6.32. The second-order valence-corrected chi connectivity index (χ2v) is 9.32. The normalized spacial score (nSPS) is 19.6. The maximum atomic E-state index is 13.0. The van der Waals surface area contributed by atoms with Crippen molar-refractivity contribution in [2.24, 2.45) is 0 Å². The Morgan fingerprint density at radius 3 is 2.44 bits per heavy atom. The molecule has 2 saturated heterocycles. The van der Waals surface area contributed by atoms with E-state index < -0.39 is 23.8 Å². The summed E-state index contributed by atoms with van der Waals surface area (Å²) in [6.45, 7) is 2.30. The topological polar surface area (TPSA) is 103 Å². The first-order chi connectivity index (χ1) is 16.3. The zero-order chi connectivity index (χ0) is 24.0. The number of carbonyl (C=O) groups excluding carboxylic acids is 4. The number of benzene rings is 1. The van der Waals surface area contributed by atoms with Crippen LogP contribution in [0.2, 0.25) is 10.2 Å². The molecule has 3 aliphatic rings. The van der Waals surface area contributed by atoms with E-state index in [1.54, 1.807) is 18.3 Å². The number of nitrogens with zero attached hydrogens (tertiary/aromatic N) is 4. The Kier molecular flexibility index (Phi) is 6.01. The van der Waals surface area contributed by atoms with Gasteiger partial charge in [0, 0.05) is 19.2 Å². The van der Waals surface area contributed by atoms with Crippen LogP contribution in [0.5, 0.6) is 0 Å². The van der Waals surface area contributed by atoms with Gasteiger partial charge in [-0.15, -0.1) is 0 Å². The van der Waals surface area contributed by atoms with E-state index in [0.717, 1.165) is 47.1 Å². The van der Waals surface area contributed by atoms with Crippen molar-refractivity contribution >= 4 is 47.0 Å². The molecule has 1 N–H and O–H groups in total. The van der Waals surface area contributed by atoms with Gasteiger partial charge in [0.15, 0.2) is 0 Å². The Hall–Kier alpha value is -3.01. The number of hydrogen-bond donors (Lipinski definition) is 1. The SMILES string of the molecule is O=C1CCN(N2C(=O)c3ccc(CN4CCC(c5ccnc(Cl)c5Cl)CC4)cc3C2=O)C(=O)N1. The van der Waals surface area contributed by atoms with E-state index in [1.807, 2.05) is 12.1 Å². The van der Waals surface area contributed by atoms with Crippen molar-refractivity contribution in [3.8, 4) is 0 Å².